The minimum Gasteiger partial charge on any atom is -0.478 e. The van der Waals surface area contributed by atoms with Gasteiger partial charge in [0, 0.05) is 24.9 Å². The number of nitrogens with one attached hydrogen (secondary N) is 2. The number of carboxylic acid groups (broad SMARTS) is 1. The van der Waals surface area contributed by atoms with Gasteiger partial charge in [0.2, 0.25) is 10.0 Å². The van der Waals surface area contributed by atoms with Crippen molar-refractivity contribution in [1.82, 2.24) is 14.7 Å². The lowest BCUT2D eigenvalue weighted by Crippen LogP contribution is -2.26. The molecule has 7 nitrogen and oxygen atoms in total. The SMILES string of the molecule is O=C(O)c1cc(S(=O)(=O)NCCc2cnc[nH]2)ccc1Cl. The van der Waals surface area contributed by atoms with Gasteiger partial charge in [-0.15, -0.1) is 0 Å². The number of carbonyl (C=O) groups is 1. The maximum Gasteiger partial charge on any atom is 0.337 e. The van der Waals surface area contributed by atoms with Gasteiger partial charge in [0.15, 0.2) is 0 Å². The molecule has 1 aromatic heterocycles. The van der Waals surface area contributed by atoms with Gasteiger partial charge in [0.1, 0.15) is 0 Å². The maximum atomic E-state index is 12.1. The summed E-state index contributed by atoms with van der Waals surface area (Å²) in [6, 6.07) is 3.53. The Labute approximate surface area is 126 Å². The molecular weight excluding hydrogens is 318 g/mol. The van der Waals surface area contributed by atoms with Crippen LogP contribution in [-0.2, 0) is 16.4 Å². The summed E-state index contributed by atoms with van der Waals surface area (Å²) in [5.74, 6) is -1.28. The minimum absolute atomic E-state index is 0.0149. The predicted molar refractivity (Wildman–Crippen MR) is 75.9 cm³/mol. The lowest BCUT2D eigenvalue weighted by molar-refractivity contribution is 0.0697. The van der Waals surface area contributed by atoms with Crippen LogP contribution in [0.15, 0.2) is 35.6 Å². The van der Waals surface area contributed by atoms with Gasteiger partial charge in [0.25, 0.3) is 0 Å². The smallest absolute Gasteiger partial charge is 0.337 e. The first-order chi connectivity index (χ1) is 9.90. The highest BCUT2D eigenvalue weighted by Gasteiger charge is 2.18. The highest BCUT2D eigenvalue weighted by Crippen LogP contribution is 2.20. The largest absolute Gasteiger partial charge is 0.478 e. The third-order valence-electron chi connectivity index (χ3n) is 2.72. The van der Waals surface area contributed by atoms with E-state index >= 15 is 0 Å². The van der Waals surface area contributed by atoms with Crippen LogP contribution in [0.25, 0.3) is 0 Å². The average molecular weight is 330 g/mol. The highest BCUT2D eigenvalue weighted by molar-refractivity contribution is 7.89. The van der Waals surface area contributed by atoms with Gasteiger partial charge in [-0.1, -0.05) is 11.6 Å². The van der Waals surface area contributed by atoms with Crippen molar-refractivity contribution < 1.29 is 18.3 Å². The second-order valence-corrected chi connectivity index (χ2v) is 6.35. The molecule has 0 fully saturated rings. The topological polar surface area (TPSA) is 112 Å². The summed E-state index contributed by atoms with van der Waals surface area (Å²) in [6.07, 6.45) is 3.54. The molecule has 21 heavy (non-hydrogen) atoms. The van der Waals surface area contributed by atoms with Crippen molar-refractivity contribution in [3.8, 4) is 0 Å². The van der Waals surface area contributed by atoms with E-state index in [0.29, 0.717) is 6.42 Å². The summed E-state index contributed by atoms with van der Waals surface area (Å²) in [4.78, 5) is 17.5. The van der Waals surface area contributed by atoms with Gasteiger partial charge < -0.3 is 10.1 Å². The molecule has 0 aliphatic carbocycles. The molecule has 0 aliphatic heterocycles. The van der Waals surface area contributed by atoms with Gasteiger partial charge in [-0.05, 0) is 18.2 Å². The number of benzene rings is 1. The number of carboxylic acids is 1. The number of hydrogen-bond acceptors (Lipinski definition) is 4. The molecule has 1 aromatic carbocycles. The number of aromatic carboxylic acids is 1. The molecule has 0 spiro atoms. The second-order valence-electron chi connectivity index (χ2n) is 4.17. The minimum atomic E-state index is -3.79. The number of sulfonamides is 1. The van der Waals surface area contributed by atoms with Crippen molar-refractivity contribution in [3.63, 3.8) is 0 Å². The summed E-state index contributed by atoms with van der Waals surface area (Å²) in [5, 5.41) is 8.93. The van der Waals surface area contributed by atoms with Crippen LogP contribution in [0, 0.1) is 0 Å². The molecule has 0 atom stereocenters. The van der Waals surface area contributed by atoms with E-state index in [1.165, 1.54) is 18.5 Å². The van der Waals surface area contributed by atoms with E-state index in [9.17, 15) is 13.2 Å². The number of aromatic nitrogens is 2. The van der Waals surface area contributed by atoms with Crippen LogP contribution < -0.4 is 4.72 Å². The molecule has 0 amide bonds. The van der Waals surface area contributed by atoms with Crippen molar-refractivity contribution >= 4 is 27.6 Å². The number of aromatic amines is 1. The molecule has 1 heterocycles. The molecule has 0 radical (unpaired) electrons. The van der Waals surface area contributed by atoms with E-state index in [2.05, 4.69) is 14.7 Å². The van der Waals surface area contributed by atoms with E-state index in [0.717, 1.165) is 11.8 Å². The van der Waals surface area contributed by atoms with Crippen LogP contribution in [0.4, 0.5) is 0 Å². The van der Waals surface area contributed by atoms with Crippen molar-refractivity contribution in [1.29, 1.82) is 0 Å². The van der Waals surface area contributed by atoms with E-state index in [1.54, 1.807) is 6.20 Å². The number of hydrogen-bond donors (Lipinski definition) is 3. The fourth-order valence-corrected chi connectivity index (χ4v) is 2.92. The molecule has 2 aromatic rings. The van der Waals surface area contributed by atoms with Crippen LogP contribution in [-0.4, -0.2) is 36.0 Å². The van der Waals surface area contributed by atoms with Crippen LogP contribution in [0.3, 0.4) is 0 Å². The Hall–Kier alpha value is -1.90. The number of halogens is 1. The van der Waals surface area contributed by atoms with E-state index in [1.807, 2.05) is 0 Å². The summed E-state index contributed by atoms with van der Waals surface area (Å²) < 4.78 is 26.5. The predicted octanol–water partition coefficient (Wildman–Crippen LogP) is 1.28. The highest BCUT2D eigenvalue weighted by atomic mass is 35.5. The first kappa shape index (κ1) is 15.5. The van der Waals surface area contributed by atoms with Crippen LogP contribution in [0.2, 0.25) is 5.02 Å². The molecule has 0 unspecified atom stereocenters. The Morgan fingerprint density at radius 2 is 2.19 bits per heavy atom. The zero-order valence-electron chi connectivity index (χ0n) is 10.7. The molecule has 9 heteroatoms. The lowest BCUT2D eigenvalue weighted by atomic mass is 10.2. The van der Waals surface area contributed by atoms with Crippen LogP contribution >= 0.6 is 11.6 Å². The standard InChI is InChI=1S/C12H12ClN3O4S/c13-11-2-1-9(5-10(11)12(17)18)21(19,20)16-4-3-8-6-14-7-15-8/h1-2,5-7,16H,3-4H2,(H,14,15)(H,17,18). The Kier molecular flexibility index (Phi) is 4.61. The number of H-pyrrole nitrogens is 1. The third kappa shape index (κ3) is 3.81. The van der Waals surface area contributed by atoms with E-state index in [-0.39, 0.29) is 22.0 Å². The first-order valence-electron chi connectivity index (χ1n) is 5.90. The number of rotatable bonds is 6. The Morgan fingerprint density at radius 1 is 1.43 bits per heavy atom. The fraction of sp³-hybridized carbons (Fsp3) is 0.167. The van der Waals surface area contributed by atoms with Crippen LogP contribution in [0.5, 0.6) is 0 Å². The molecule has 0 saturated carbocycles. The molecule has 0 saturated heterocycles. The first-order valence-corrected chi connectivity index (χ1v) is 7.76. The quantitative estimate of drug-likeness (QED) is 0.739. The van der Waals surface area contributed by atoms with E-state index < -0.39 is 16.0 Å². The molecule has 2 rings (SSSR count). The Morgan fingerprint density at radius 3 is 2.81 bits per heavy atom. The van der Waals surface area contributed by atoms with Crippen molar-refractivity contribution in [2.75, 3.05) is 6.54 Å². The van der Waals surface area contributed by atoms with Gasteiger partial charge in [-0.25, -0.2) is 22.9 Å². The monoisotopic (exact) mass is 329 g/mol. The zero-order valence-corrected chi connectivity index (χ0v) is 12.3. The summed E-state index contributed by atoms with van der Waals surface area (Å²) in [7, 11) is -3.79. The van der Waals surface area contributed by atoms with Gasteiger partial charge >= 0.3 is 5.97 Å². The van der Waals surface area contributed by atoms with Crippen molar-refractivity contribution in [2.24, 2.45) is 0 Å². The molecule has 0 bridgehead atoms. The average Bonchev–Trinajstić information content (AvgIpc) is 2.91. The fourth-order valence-electron chi connectivity index (χ4n) is 1.66. The van der Waals surface area contributed by atoms with Crippen molar-refractivity contribution in [3.05, 3.63) is 47.0 Å². The maximum absolute atomic E-state index is 12.1. The Balaban J connectivity index is 2.12. The molecular formula is C12H12ClN3O4S. The second kappa shape index (κ2) is 6.25. The lowest BCUT2D eigenvalue weighted by Gasteiger charge is -2.07. The van der Waals surface area contributed by atoms with Crippen molar-refractivity contribution in [2.45, 2.75) is 11.3 Å². The zero-order chi connectivity index (χ0) is 15.5. The van der Waals surface area contributed by atoms with Gasteiger partial charge in [-0.2, -0.15) is 0 Å². The van der Waals surface area contributed by atoms with Crippen LogP contribution in [0.1, 0.15) is 16.1 Å². The molecule has 3 N–H and O–H groups in total. The number of nitrogens with zero attached hydrogens (tertiary/aromatic N) is 1. The molecule has 0 aliphatic rings. The van der Waals surface area contributed by atoms with Gasteiger partial charge in [0.05, 0.1) is 21.8 Å². The summed E-state index contributed by atoms with van der Waals surface area (Å²) >= 11 is 5.71. The summed E-state index contributed by atoms with van der Waals surface area (Å²) in [5.41, 5.74) is 0.535. The third-order valence-corrected chi connectivity index (χ3v) is 4.51. The molecule has 112 valence electrons. The normalized spacial score (nSPS) is 11.5. The van der Waals surface area contributed by atoms with Gasteiger partial charge in [-0.3, -0.25) is 0 Å². The number of imidazole rings is 1. The Bertz CT molecular complexity index is 744. The summed E-state index contributed by atoms with van der Waals surface area (Å²) in [6.45, 7) is 0.162. The van der Waals surface area contributed by atoms with E-state index in [4.69, 9.17) is 16.7 Å².